The second-order valence-electron chi connectivity index (χ2n) is 19.8. The molecule has 2 aromatic carbocycles. The molecular weight excluding hydrogens is 822 g/mol. The van der Waals surface area contributed by atoms with Crippen LogP contribution in [-0.2, 0) is 4.79 Å². The highest BCUT2D eigenvalue weighted by Gasteiger charge is 2.42. The van der Waals surface area contributed by atoms with Gasteiger partial charge in [0.2, 0.25) is 5.91 Å². The van der Waals surface area contributed by atoms with Crippen molar-refractivity contribution in [1.29, 1.82) is 0 Å². The number of aryl methyl sites for hydroxylation is 1. The molecule has 4 saturated heterocycles. The van der Waals surface area contributed by atoms with E-state index in [9.17, 15) is 14.7 Å². The molecule has 2 aromatic heterocycles. The zero-order chi connectivity index (χ0) is 45.0. The molecule has 344 valence electrons. The number of benzene rings is 2. The summed E-state index contributed by atoms with van der Waals surface area (Å²) in [6.45, 7) is 8.53. The zero-order valence-corrected chi connectivity index (χ0v) is 37.6. The number of halogens is 1. The molecule has 6 fully saturated rings. The second-order valence-corrected chi connectivity index (χ2v) is 19.8. The molecule has 6 aliphatic rings. The van der Waals surface area contributed by atoms with Crippen LogP contribution < -0.4 is 37.2 Å². The third-order valence-corrected chi connectivity index (χ3v) is 15.9. The number of carbonyl (C=O) groups is 2. The summed E-state index contributed by atoms with van der Waals surface area (Å²) in [5, 5.41) is 13.9. The van der Waals surface area contributed by atoms with Crippen LogP contribution in [0, 0.1) is 24.1 Å². The number of amides is 3. The molecule has 2 aliphatic carbocycles. The SMILES string of the molecule is Cc1cn(C2CCC3(CCC(CN4CCN(c5cc(N6C7CCC6CN(C(/C=C(\N)c6ccccc6O)=C(N)N)C7)ccc5F)CC4)CC3)CC2)c2ncc(N3CCC(=O)NC3=O)cc12. The van der Waals surface area contributed by atoms with E-state index in [-0.39, 0.29) is 41.4 Å². The minimum Gasteiger partial charge on any atom is -0.507 e. The Morgan fingerprint density at radius 3 is 2.28 bits per heavy atom. The smallest absolute Gasteiger partial charge is 0.328 e. The number of phenols is 1. The molecule has 0 radical (unpaired) electrons. The van der Waals surface area contributed by atoms with E-state index in [1.165, 1.54) is 38.5 Å². The molecule has 3 amide bonds. The maximum absolute atomic E-state index is 15.6. The summed E-state index contributed by atoms with van der Waals surface area (Å²) in [4.78, 5) is 40.2. The lowest BCUT2D eigenvalue weighted by atomic mass is 9.62. The van der Waals surface area contributed by atoms with Gasteiger partial charge in [0, 0.05) is 105 Å². The lowest BCUT2D eigenvalue weighted by molar-refractivity contribution is -0.120. The first-order valence-electron chi connectivity index (χ1n) is 23.8. The quantitative estimate of drug-likeness (QED) is 0.116. The number of nitrogens with two attached hydrogens (primary N) is 3. The largest absolute Gasteiger partial charge is 0.507 e. The number of carbonyl (C=O) groups excluding carboxylic acids is 2. The van der Waals surface area contributed by atoms with Gasteiger partial charge in [-0.25, -0.2) is 14.2 Å². The van der Waals surface area contributed by atoms with Gasteiger partial charge in [-0.2, -0.15) is 0 Å². The predicted molar refractivity (Wildman–Crippen MR) is 253 cm³/mol. The molecule has 2 bridgehead atoms. The number of anilines is 3. The van der Waals surface area contributed by atoms with Gasteiger partial charge >= 0.3 is 6.03 Å². The van der Waals surface area contributed by atoms with E-state index in [0.29, 0.717) is 66.1 Å². The number of pyridine rings is 1. The standard InChI is InChI=1S/C50H64FN11O3/c1-32-28-61(48-40(32)24-38(27-55-48)60-19-14-46(64)56-49(60)65)34-12-17-50(18-13-34)15-10-33(11-16-50)29-57-20-22-58(23-21-57)43-25-35(8-9-41(43)51)62-36-6-7-37(62)31-59(30-36)44(47(53)54)26-42(52)39-4-2-3-5-45(39)63/h2-5,8-9,24-28,33-34,36-37,63H,6-7,10-23,29-31,52-54H2,1H3,(H,56,64,65)/b42-26-. The maximum Gasteiger partial charge on any atom is 0.328 e. The van der Waals surface area contributed by atoms with Crippen LogP contribution in [0.25, 0.3) is 16.7 Å². The fourth-order valence-corrected chi connectivity index (χ4v) is 12.2. The van der Waals surface area contributed by atoms with Gasteiger partial charge in [0.15, 0.2) is 0 Å². The van der Waals surface area contributed by atoms with Crippen LogP contribution in [-0.4, -0.2) is 101 Å². The van der Waals surface area contributed by atoms with Crippen molar-refractivity contribution in [2.75, 3.05) is 67.1 Å². The number of allylic oxidation sites excluding steroid dienone is 1. The van der Waals surface area contributed by atoms with E-state index in [4.69, 9.17) is 22.2 Å². The second kappa shape index (κ2) is 17.4. The molecule has 14 nitrogen and oxygen atoms in total. The molecule has 10 rings (SSSR count). The van der Waals surface area contributed by atoms with Crippen LogP contribution in [0.2, 0.25) is 0 Å². The highest BCUT2D eigenvalue weighted by molar-refractivity contribution is 6.06. The Kier molecular flexibility index (Phi) is 11.5. The summed E-state index contributed by atoms with van der Waals surface area (Å²) >= 11 is 0. The number of urea groups is 1. The topological polar surface area (TPSA) is 178 Å². The molecule has 15 heteroatoms. The first-order chi connectivity index (χ1) is 31.4. The third-order valence-electron chi connectivity index (χ3n) is 15.9. The minimum atomic E-state index is -0.384. The molecule has 4 aliphatic heterocycles. The number of phenolic OH excluding ortho intramolecular Hbond substituents is 1. The van der Waals surface area contributed by atoms with Crippen molar-refractivity contribution >= 4 is 45.7 Å². The van der Waals surface area contributed by atoms with Gasteiger partial charge in [-0.15, -0.1) is 0 Å². The van der Waals surface area contributed by atoms with Gasteiger partial charge in [0.05, 0.1) is 23.3 Å². The number of fused-ring (bicyclic) bond motifs is 3. The van der Waals surface area contributed by atoms with E-state index in [1.807, 2.05) is 18.2 Å². The Labute approximate surface area is 380 Å². The maximum atomic E-state index is 15.6. The number of nitrogens with one attached hydrogen (secondary N) is 1. The molecular formula is C50H64FN11O3. The fraction of sp³-hybridized carbons (Fsp3) is 0.500. The first-order valence-corrected chi connectivity index (χ1v) is 23.8. The first kappa shape index (κ1) is 43.0. The van der Waals surface area contributed by atoms with Gasteiger partial charge in [-0.3, -0.25) is 19.9 Å². The molecule has 6 heterocycles. The van der Waals surface area contributed by atoms with Gasteiger partial charge in [0.25, 0.3) is 0 Å². The van der Waals surface area contributed by atoms with Crippen LogP contribution in [0.4, 0.5) is 26.2 Å². The summed E-state index contributed by atoms with van der Waals surface area (Å²) in [6.07, 6.45) is 18.1. The molecule has 2 unspecified atom stereocenters. The van der Waals surface area contributed by atoms with E-state index in [1.54, 1.807) is 41.4 Å². The number of rotatable bonds is 9. The van der Waals surface area contributed by atoms with E-state index >= 15 is 4.39 Å². The Morgan fingerprint density at radius 2 is 1.58 bits per heavy atom. The van der Waals surface area contributed by atoms with Crippen molar-refractivity contribution in [3.63, 3.8) is 0 Å². The highest BCUT2D eigenvalue weighted by atomic mass is 19.1. The third kappa shape index (κ3) is 8.43. The number of para-hydroxylation sites is 1. The number of likely N-dealkylation sites (tertiary alicyclic amines) is 1. The summed E-state index contributed by atoms with van der Waals surface area (Å²) in [5.41, 5.74) is 25.5. The number of aromatic nitrogens is 2. The Bertz CT molecular complexity index is 2490. The summed E-state index contributed by atoms with van der Waals surface area (Å²) in [6, 6.07) is 15.1. The predicted octanol–water partition coefficient (Wildman–Crippen LogP) is 6.49. The van der Waals surface area contributed by atoms with Crippen LogP contribution in [0.3, 0.4) is 0 Å². The normalized spacial score (nSPS) is 26.6. The number of aromatic hydroxyl groups is 1. The summed E-state index contributed by atoms with van der Waals surface area (Å²) in [7, 11) is 0. The molecule has 2 saturated carbocycles. The van der Waals surface area contributed by atoms with Gasteiger partial charge in [0.1, 0.15) is 23.0 Å². The molecule has 2 atom stereocenters. The van der Waals surface area contributed by atoms with Crippen molar-refractivity contribution in [2.24, 2.45) is 28.5 Å². The number of imide groups is 1. The number of hydrogen-bond acceptors (Lipinski definition) is 11. The van der Waals surface area contributed by atoms with Gasteiger partial charge in [-0.05, 0) is 131 Å². The van der Waals surface area contributed by atoms with Gasteiger partial charge in [-0.1, -0.05) is 12.1 Å². The minimum absolute atomic E-state index is 0.102. The van der Waals surface area contributed by atoms with Crippen LogP contribution in [0.1, 0.15) is 87.8 Å². The Morgan fingerprint density at radius 1 is 0.877 bits per heavy atom. The highest BCUT2D eigenvalue weighted by Crippen LogP contribution is 2.52. The Hall–Kier alpha value is -5.96. The van der Waals surface area contributed by atoms with Crippen molar-refractivity contribution in [3.8, 4) is 5.75 Å². The lowest BCUT2D eigenvalue weighted by Crippen LogP contribution is -2.54. The van der Waals surface area contributed by atoms with Crippen LogP contribution in [0.15, 0.2) is 78.5 Å². The molecule has 4 aromatic rings. The average Bonchev–Trinajstić information content (AvgIpc) is 3.77. The molecule has 8 N–H and O–H groups in total. The lowest BCUT2D eigenvalue weighted by Gasteiger charge is -2.46. The number of nitrogens with zero attached hydrogens (tertiary/aromatic N) is 7. The zero-order valence-electron chi connectivity index (χ0n) is 37.6. The summed E-state index contributed by atoms with van der Waals surface area (Å²) in [5.74, 6) is 0.592. The average molecular weight is 886 g/mol. The molecule has 65 heavy (non-hydrogen) atoms. The number of hydrogen-bond donors (Lipinski definition) is 5. The fourth-order valence-electron chi connectivity index (χ4n) is 12.2. The van der Waals surface area contributed by atoms with Crippen molar-refractivity contribution < 1.29 is 19.1 Å². The van der Waals surface area contributed by atoms with E-state index in [0.717, 1.165) is 86.4 Å². The van der Waals surface area contributed by atoms with Crippen LogP contribution in [0.5, 0.6) is 5.75 Å². The van der Waals surface area contributed by atoms with Crippen LogP contribution >= 0.6 is 0 Å². The molecule has 1 spiro atoms. The summed E-state index contributed by atoms with van der Waals surface area (Å²) < 4.78 is 18.0. The van der Waals surface area contributed by atoms with Crippen molar-refractivity contribution in [1.82, 2.24) is 24.7 Å². The number of piperazine rings is 2. The van der Waals surface area contributed by atoms with Gasteiger partial charge < -0.3 is 41.6 Å². The monoisotopic (exact) mass is 886 g/mol. The van der Waals surface area contributed by atoms with Crippen molar-refractivity contribution in [2.45, 2.75) is 95.7 Å². The van der Waals surface area contributed by atoms with E-state index < -0.39 is 0 Å². The van der Waals surface area contributed by atoms with E-state index in [2.05, 4.69) is 48.7 Å². The van der Waals surface area contributed by atoms with Crippen molar-refractivity contribution in [3.05, 3.63) is 95.5 Å². The Balaban J connectivity index is 0.708.